The molecule has 1 aliphatic carbocycles. The van der Waals surface area contributed by atoms with Crippen LogP contribution in [0.1, 0.15) is 64.0 Å². The van der Waals surface area contributed by atoms with Gasteiger partial charge in [0.1, 0.15) is 0 Å². The quantitative estimate of drug-likeness (QED) is 0.789. The lowest BCUT2D eigenvalue weighted by Crippen LogP contribution is -2.35. The topological polar surface area (TPSA) is 12.0 Å². The summed E-state index contributed by atoms with van der Waals surface area (Å²) in [5.74, 6) is 2.24. The van der Waals surface area contributed by atoms with Gasteiger partial charge >= 0.3 is 0 Å². The lowest BCUT2D eigenvalue weighted by Gasteiger charge is -2.41. The summed E-state index contributed by atoms with van der Waals surface area (Å²) in [4.78, 5) is 0. The standard InChI is InChI=1S/C20H33N/c1-15(2)13-21-14-18-9-10-20(4,5)12-19(18)17-8-6-7-16(3)11-17/h6-8,11,15,18-19,21H,9-10,12-14H2,1-5H3. The maximum atomic E-state index is 3.70. The van der Waals surface area contributed by atoms with Gasteiger partial charge in [-0.05, 0) is 68.0 Å². The molecule has 2 rings (SSSR count). The molecule has 0 saturated heterocycles. The summed E-state index contributed by atoms with van der Waals surface area (Å²) in [6.07, 6.45) is 4.05. The highest BCUT2D eigenvalue weighted by Crippen LogP contribution is 2.46. The van der Waals surface area contributed by atoms with Crippen molar-refractivity contribution in [3.05, 3.63) is 35.4 Å². The Hall–Kier alpha value is -0.820. The van der Waals surface area contributed by atoms with Crippen molar-refractivity contribution < 1.29 is 0 Å². The van der Waals surface area contributed by atoms with Gasteiger partial charge in [0.15, 0.2) is 0 Å². The summed E-state index contributed by atoms with van der Waals surface area (Å²) in [7, 11) is 0. The maximum Gasteiger partial charge on any atom is -0.00145 e. The molecule has 118 valence electrons. The number of hydrogen-bond acceptors (Lipinski definition) is 1. The van der Waals surface area contributed by atoms with Crippen molar-refractivity contribution in [2.75, 3.05) is 13.1 Å². The van der Waals surface area contributed by atoms with Gasteiger partial charge in [0.05, 0.1) is 0 Å². The van der Waals surface area contributed by atoms with E-state index in [-0.39, 0.29) is 0 Å². The molecular weight excluding hydrogens is 254 g/mol. The third-order valence-electron chi connectivity index (χ3n) is 4.96. The highest BCUT2D eigenvalue weighted by atomic mass is 14.9. The molecule has 0 aromatic heterocycles. The highest BCUT2D eigenvalue weighted by Gasteiger charge is 2.35. The zero-order chi connectivity index (χ0) is 15.5. The predicted molar refractivity (Wildman–Crippen MR) is 92.7 cm³/mol. The second-order valence-electron chi connectivity index (χ2n) is 8.24. The molecule has 2 unspecified atom stereocenters. The van der Waals surface area contributed by atoms with Crippen LogP contribution in [0.15, 0.2) is 24.3 Å². The molecule has 21 heavy (non-hydrogen) atoms. The fourth-order valence-corrected chi connectivity index (χ4v) is 3.73. The summed E-state index contributed by atoms with van der Waals surface area (Å²) in [5, 5.41) is 3.70. The van der Waals surface area contributed by atoms with Gasteiger partial charge in [-0.2, -0.15) is 0 Å². The number of nitrogens with one attached hydrogen (secondary N) is 1. The summed E-state index contributed by atoms with van der Waals surface area (Å²) in [5.41, 5.74) is 3.44. The van der Waals surface area contributed by atoms with Gasteiger partial charge in [0.25, 0.3) is 0 Å². The average molecular weight is 287 g/mol. The van der Waals surface area contributed by atoms with Crippen LogP contribution in [0.2, 0.25) is 0 Å². The molecule has 0 heterocycles. The Morgan fingerprint density at radius 2 is 2.05 bits per heavy atom. The Bertz CT molecular complexity index is 447. The Labute approximate surface area is 131 Å². The Morgan fingerprint density at radius 3 is 2.71 bits per heavy atom. The summed E-state index contributed by atoms with van der Waals surface area (Å²) >= 11 is 0. The van der Waals surface area contributed by atoms with Crippen LogP contribution in [0.4, 0.5) is 0 Å². The normalized spacial score (nSPS) is 25.2. The lowest BCUT2D eigenvalue weighted by atomic mass is 9.65. The van der Waals surface area contributed by atoms with Crippen molar-refractivity contribution in [3.8, 4) is 0 Å². The monoisotopic (exact) mass is 287 g/mol. The lowest BCUT2D eigenvalue weighted by molar-refractivity contribution is 0.159. The van der Waals surface area contributed by atoms with Gasteiger partial charge in [-0.1, -0.05) is 57.5 Å². The van der Waals surface area contributed by atoms with E-state index in [2.05, 4.69) is 64.2 Å². The molecule has 1 fully saturated rings. The van der Waals surface area contributed by atoms with Crippen LogP contribution in [0.3, 0.4) is 0 Å². The zero-order valence-corrected chi connectivity index (χ0v) is 14.6. The van der Waals surface area contributed by atoms with Crippen LogP contribution in [-0.2, 0) is 0 Å². The van der Waals surface area contributed by atoms with E-state index < -0.39 is 0 Å². The van der Waals surface area contributed by atoms with Gasteiger partial charge < -0.3 is 5.32 Å². The third-order valence-corrected chi connectivity index (χ3v) is 4.96. The van der Waals surface area contributed by atoms with Crippen molar-refractivity contribution in [3.63, 3.8) is 0 Å². The van der Waals surface area contributed by atoms with E-state index in [1.807, 2.05) is 0 Å². The Morgan fingerprint density at radius 1 is 1.29 bits per heavy atom. The van der Waals surface area contributed by atoms with E-state index in [0.717, 1.165) is 18.4 Å². The minimum absolute atomic E-state index is 0.489. The predicted octanol–water partition coefficient (Wildman–Crippen LogP) is 5.15. The molecule has 0 amide bonds. The van der Waals surface area contributed by atoms with E-state index in [1.165, 1.54) is 31.4 Å². The van der Waals surface area contributed by atoms with Gasteiger partial charge in [-0.3, -0.25) is 0 Å². The SMILES string of the molecule is Cc1cccc(C2CC(C)(C)CCC2CNCC(C)C)c1. The average Bonchev–Trinajstić information content (AvgIpc) is 2.39. The van der Waals surface area contributed by atoms with Crippen LogP contribution in [-0.4, -0.2) is 13.1 Å². The van der Waals surface area contributed by atoms with Gasteiger partial charge in [-0.15, -0.1) is 0 Å². The molecule has 1 N–H and O–H groups in total. The fraction of sp³-hybridized carbons (Fsp3) is 0.700. The molecule has 1 aromatic carbocycles. The first-order valence-corrected chi connectivity index (χ1v) is 8.65. The van der Waals surface area contributed by atoms with E-state index in [9.17, 15) is 0 Å². The third kappa shape index (κ3) is 4.85. The first kappa shape index (κ1) is 16.5. The minimum atomic E-state index is 0.489. The van der Waals surface area contributed by atoms with E-state index in [4.69, 9.17) is 0 Å². The molecule has 2 atom stereocenters. The molecule has 1 aliphatic rings. The molecule has 1 aromatic rings. The molecular formula is C20H33N. The van der Waals surface area contributed by atoms with Crippen molar-refractivity contribution in [1.82, 2.24) is 5.32 Å². The summed E-state index contributed by atoms with van der Waals surface area (Å²) in [6.45, 7) is 14.0. The number of aryl methyl sites for hydroxylation is 1. The van der Waals surface area contributed by atoms with Crippen LogP contribution in [0.25, 0.3) is 0 Å². The van der Waals surface area contributed by atoms with Gasteiger partial charge in [-0.25, -0.2) is 0 Å². The van der Waals surface area contributed by atoms with Crippen molar-refractivity contribution in [1.29, 1.82) is 0 Å². The van der Waals surface area contributed by atoms with E-state index in [0.29, 0.717) is 11.3 Å². The van der Waals surface area contributed by atoms with Crippen LogP contribution in [0.5, 0.6) is 0 Å². The van der Waals surface area contributed by atoms with E-state index >= 15 is 0 Å². The van der Waals surface area contributed by atoms with Crippen molar-refractivity contribution >= 4 is 0 Å². The number of hydrogen-bond donors (Lipinski definition) is 1. The Balaban J connectivity index is 2.10. The molecule has 0 bridgehead atoms. The smallest absolute Gasteiger partial charge is 0.00145 e. The summed E-state index contributed by atoms with van der Waals surface area (Å²) < 4.78 is 0. The fourth-order valence-electron chi connectivity index (χ4n) is 3.73. The second-order valence-corrected chi connectivity index (χ2v) is 8.24. The number of rotatable bonds is 5. The molecule has 0 spiro atoms. The first-order chi connectivity index (χ1) is 9.87. The van der Waals surface area contributed by atoms with Crippen molar-refractivity contribution in [2.24, 2.45) is 17.3 Å². The van der Waals surface area contributed by atoms with Crippen LogP contribution < -0.4 is 5.32 Å². The zero-order valence-electron chi connectivity index (χ0n) is 14.6. The van der Waals surface area contributed by atoms with Gasteiger partial charge in [0.2, 0.25) is 0 Å². The summed E-state index contributed by atoms with van der Waals surface area (Å²) in [6, 6.07) is 9.18. The molecule has 0 aliphatic heterocycles. The van der Waals surface area contributed by atoms with Crippen LogP contribution in [0, 0.1) is 24.2 Å². The van der Waals surface area contributed by atoms with Crippen molar-refractivity contribution in [2.45, 2.75) is 59.8 Å². The van der Waals surface area contributed by atoms with Crippen LogP contribution >= 0.6 is 0 Å². The largest absolute Gasteiger partial charge is 0.316 e. The van der Waals surface area contributed by atoms with E-state index in [1.54, 1.807) is 5.56 Å². The Kier molecular flexibility index (Phi) is 5.48. The molecule has 1 saturated carbocycles. The number of benzene rings is 1. The van der Waals surface area contributed by atoms with Gasteiger partial charge in [0, 0.05) is 0 Å². The molecule has 1 nitrogen and oxygen atoms in total. The second kappa shape index (κ2) is 6.96. The minimum Gasteiger partial charge on any atom is -0.316 e. The maximum absolute atomic E-state index is 3.70. The highest BCUT2D eigenvalue weighted by molar-refractivity contribution is 5.27. The first-order valence-electron chi connectivity index (χ1n) is 8.65. The molecule has 1 heteroatoms. The molecule has 0 radical (unpaired) electrons.